The van der Waals surface area contributed by atoms with Gasteiger partial charge in [0.15, 0.2) is 0 Å². The van der Waals surface area contributed by atoms with Crippen molar-refractivity contribution in [3.05, 3.63) is 12.4 Å². The molecule has 7 nitrogen and oxygen atoms in total. The van der Waals surface area contributed by atoms with Gasteiger partial charge in [-0.05, 0) is 19.3 Å². The summed E-state index contributed by atoms with van der Waals surface area (Å²) in [4.78, 5) is 22.2. The van der Waals surface area contributed by atoms with Crippen molar-refractivity contribution in [2.75, 3.05) is 32.1 Å². The molecule has 2 N–H and O–H groups in total. The van der Waals surface area contributed by atoms with Crippen LogP contribution < -0.4 is 15.4 Å². The quantitative estimate of drug-likeness (QED) is 0.828. The molecular weight excluding hydrogens is 270 g/mol. The molecule has 1 unspecified atom stereocenters. The lowest BCUT2D eigenvalue weighted by Gasteiger charge is -2.35. The number of ether oxygens (including phenoxy) is 1. The molecule has 1 amide bonds. The maximum atomic E-state index is 11.7. The van der Waals surface area contributed by atoms with E-state index >= 15 is 0 Å². The molecule has 2 saturated heterocycles. The molecule has 0 saturated carbocycles. The largest absolute Gasteiger partial charge is 0.481 e. The maximum Gasteiger partial charge on any atom is 0.237 e. The minimum atomic E-state index is 0.0742. The molecule has 21 heavy (non-hydrogen) atoms. The number of aromatic nitrogens is 2. The summed E-state index contributed by atoms with van der Waals surface area (Å²) in [6.45, 7) is 2.69. The summed E-state index contributed by atoms with van der Waals surface area (Å²) in [7, 11) is 1.59. The van der Waals surface area contributed by atoms with E-state index < -0.39 is 0 Å². The monoisotopic (exact) mass is 291 g/mol. The molecule has 3 heterocycles. The van der Waals surface area contributed by atoms with Crippen LogP contribution in [-0.4, -0.2) is 59.6 Å². The molecule has 1 atom stereocenters. The third kappa shape index (κ3) is 3.24. The van der Waals surface area contributed by atoms with Crippen LogP contribution in [0.15, 0.2) is 12.4 Å². The van der Waals surface area contributed by atoms with E-state index in [9.17, 15) is 4.79 Å². The Labute approximate surface area is 124 Å². The normalized spacial score (nSPS) is 23.9. The predicted molar refractivity (Wildman–Crippen MR) is 78.2 cm³/mol. The van der Waals surface area contributed by atoms with Gasteiger partial charge in [0.2, 0.25) is 11.8 Å². The molecular formula is C14H21N5O2. The van der Waals surface area contributed by atoms with Gasteiger partial charge in [0.05, 0.1) is 13.2 Å². The highest BCUT2D eigenvalue weighted by molar-refractivity contribution is 5.83. The van der Waals surface area contributed by atoms with Crippen LogP contribution in [0.5, 0.6) is 5.88 Å². The number of carbonyl (C=O) groups is 1. The van der Waals surface area contributed by atoms with Gasteiger partial charge < -0.3 is 15.4 Å². The van der Waals surface area contributed by atoms with Crippen molar-refractivity contribution in [2.24, 2.45) is 0 Å². The lowest BCUT2D eigenvalue weighted by Crippen LogP contribution is -2.47. The standard InChI is InChI=1S/C14H21N5O2/c1-21-13-8-12(16-9-17-13)18-10-3-6-19(7-4-10)11-2-5-15-14(11)20/h8-11H,2-7H2,1H3,(H,15,20)(H,16,17,18). The Bertz CT molecular complexity index is 502. The number of amides is 1. The smallest absolute Gasteiger partial charge is 0.237 e. The molecule has 0 spiro atoms. The molecule has 1 aromatic heterocycles. The van der Waals surface area contributed by atoms with E-state index in [0.29, 0.717) is 11.9 Å². The van der Waals surface area contributed by atoms with Gasteiger partial charge in [0, 0.05) is 31.7 Å². The number of hydrogen-bond donors (Lipinski definition) is 2. The minimum absolute atomic E-state index is 0.0742. The van der Waals surface area contributed by atoms with E-state index in [2.05, 4.69) is 25.5 Å². The Hall–Kier alpha value is -1.89. The first-order valence-electron chi connectivity index (χ1n) is 7.40. The second-order valence-electron chi connectivity index (χ2n) is 5.50. The van der Waals surface area contributed by atoms with E-state index in [0.717, 1.165) is 44.7 Å². The number of hydrogen-bond acceptors (Lipinski definition) is 6. The Balaban J connectivity index is 1.52. The van der Waals surface area contributed by atoms with Crippen molar-refractivity contribution in [2.45, 2.75) is 31.3 Å². The summed E-state index contributed by atoms with van der Waals surface area (Å²) in [5.74, 6) is 1.54. The summed E-state index contributed by atoms with van der Waals surface area (Å²) >= 11 is 0. The number of anilines is 1. The topological polar surface area (TPSA) is 79.4 Å². The summed E-state index contributed by atoms with van der Waals surface area (Å²) < 4.78 is 5.10. The highest BCUT2D eigenvalue weighted by Gasteiger charge is 2.32. The molecule has 0 aromatic carbocycles. The van der Waals surface area contributed by atoms with Crippen molar-refractivity contribution < 1.29 is 9.53 Å². The zero-order chi connectivity index (χ0) is 14.7. The fourth-order valence-corrected chi connectivity index (χ4v) is 3.02. The van der Waals surface area contributed by atoms with Gasteiger partial charge in [-0.3, -0.25) is 9.69 Å². The summed E-state index contributed by atoms with van der Waals surface area (Å²) in [6, 6.07) is 2.26. The average molecular weight is 291 g/mol. The lowest BCUT2D eigenvalue weighted by molar-refractivity contribution is -0.124. The average Bonchev–Trinajstić information content (AvgIpc) is 2.94. The van der Waals surface area contributed by atoms with Crippen molar-refractivity contribution >= 4 is 11.7 Å². The zero-order valence-corrected chi connectivity index (χ0v) is 12.2. The summed E-state index contributed by atoms with van der Waals surface area (Å²) in [6.07, 6.45) is 4.45. The third-order valence-corrected chi connectivity index (χ3v) is 4.19. The minimum Gasteiger partial charge on any atom is -0.481 e. The summed E-state index contributed by atoms with van der Waals surface area (Å²) in [5.41, 5.74) is 0. The second-order valence-corrected chi connectivity index (χ2v) is 5.50. The third-order valence-electron chi connectivity index (χ3n) is 4.19. The Morgan fingerprint density at radius 1 is 1.33 bits per heavy atom. The number of nitrogens with one attached hydrogen (secondary N) is 2. The molecule has 3 rings (SSSR count). The molecule has 2 aliphatic rings. The first-order valence-corrected chi connectivity index (χ1v) is 7.40. The van der Waals surface area contributed by atoms with Crippen molar-refractivity contribution in [1.29, 1.82) is 0 Å². The van der Waals surface area contributed by atoms with Gasteiger partial charge >= 0.3 is 0 Å². The van der Waals surface area contributed by atoms with Crippen molar-refractivity contribution in [3.8, 4) is 5.88 Å². The van der Waals surface area contributed by atoms with Gasteiger partial charge in [-0.15, -0.1) is 0 Å². The van der Waals surface area contributed by atoms with Crippen LogP contribution in [0.2, 0.25) is 0 Å². The van der Waals surface area contributed by atoms with E-state index in [-0.39, 0.29) is 11.9 Å². The molecule has 2 fully saturated rings. The molecule has 1 aromatic rings. The number of piperidine rings is 1. The van der Waals surface area contributed by atoms with E-state index in [1.54, 1.807) is 13.2 Å². The number of rotatable bonds is 4. The zero-order valence-electron chi connectivity index (χ0n) is 12.2. The first-order chi connectivity index (χ1) is 10.3. The Morgan fingerprint density at radius 2 is 2.14 bits per heavy atom. The highest BCUT2D eigenvalue weighted by Crippen LogP contribution is 2.20. The van der Waals surface area contributed by atoms with Crippen LogP contribution in [0.3, 0.4) is 0 Å². The van der Waals surface area contributed by atoms with Crippen molar-refractivity contribution in [1.82, 2.24) is 20.2 Å². The maximum absolute atomic E-state index is 11.7. The van der Waals surface area contributed by atoms with Gasteiger partial charge in [0.1, 0.15) is 12.1 Å². The van der Waals surface area contributed by atoms with Gasteiger partial charge in [-0.2, -0.15) is 0 Å². The van der Waals surface area contributed by atoms with Crippen LogP contribution in [0, 0.1) is 0 Å². The van der Waals surface area contributed by atoms with Gasteiger partial charge in [-0.25, -0.2) is 9.97 Å². The molecule has 114 valence electrons. The molecule has 2 aliphatic heterocycles. The van der Waals surface area contributed by atoms with Crippen LogP contribution in [-0.2, 0) is 4.79 Å². The van der Waals surface area contributed by atoms with Crippen molar-refractivity contribution in [3.63, 3.8) is 0 Å². The number of nitrogens with zero attached hydrogens (tertiary/aromatic N) is 3. The van der Waals surface area contributed by atoms with Crippen LogP contribution >= 0.6 is 0 Å². The fourth-order valence-electron chi connectivity index (χ4n) is 3.02. The molecule has 0 radical (unpaired) electrons. The SMILES string of the molecule is COc1cc(NC2CCN(C3CCNC3=O)CC2)ncn1. The number of likely N-dealkylation sites (tertiary alicyclic amines) is 1. The second kappa shape index (κ2) is 6.26. The van der Waals surface area contributed by atoms with E-state index in [1.165, 1.54) is 6.33 Å². The van der Waals surface area contributed by atoms with Crippen LogP contribution in [0.25, 0.3) is 0 Å². The Morgan fingerprint density at radius 3 is 2.81 bits per heavy atom. The van der Waals surface area contributed by atoms with Gasteiger partial charge in [0.25, 0.3) is 0 Å². The lowest BCUT2D eigenvalue weighted by atomic mass is 10.0. The van der Waals surface area contributed by atoms with E-state index in [4.69, 9.17) is 4.74 Å². The number of carbonyl (C=O) groups excluding carboxylic acids is 1. The van der Waals surface area contributed by atoms with Crippen LogP contribution in [0.4, 0.5) is 5.82 Å². The molecule has 0 aliphatic carbocycles. The number of methoxy groups -OCH3 is 1. The van der Waals surface area contributed by atoms with Gasteiger partial charge in [-0.1, -0.05) is 0 Å². The predicted octanol–water partition coefficient (Wildman–Crippen LogP) is 0.250. The first kappa shape index (κ1) is 14.1. The molecule has 0 bridgehead atoms. The fraction of sp³-hybridized carbons (Fsp3) is 0.643. The highest BCUT2D eigenvalue weighted by atomic mass is 16.5. The van der Waals surface area contributed by atoms with Crippen LogP contribution in [0.1, 0.15) is 19.3 Å². The molecule has 7 heteroatoms. The summed E-state index contributed by atoms with van der Waals surface area (Å²) in [5, 5.41) is 6.32. The van der Waals surface area contributed by atoms with E-state index in [1.807, 2.05) is 0 Å². The Kier molecular flexibility index (Phi) is 4.19.